The number of nitrogens with one attached hydrogen (secondary N) is 2. The molecule has 0 aromatic carbocycles. The second-order valence-corrected chi connectivity index (χ2v) is 8.03. The molecule has 146 valence electrons. The molecule has 0 aliphatic carbocycles. The number of hydrogen-bond acceptors (Lipinski definition) is 7. The van der Waals surface area contributed by atoms with Gasteiger partial charge in [0.25, 0.3) is 5.91 Å². The van der Waals surface area contributed by atoms with Crippen molar-refractivity contribution in [3.8, 4) is 0 Å². The van der Waals surface area contributed by atoms with Crippen molar-refractivity contribution in [3.05, 3.63) is 17.6 Å². The van der Waals surface area contributed by atoms with Crippen LogP contribution in [-0.2, 0) is 4.79 Å². The smallest absolute Gasteiger partial charge is 0.254 e. The second kappa shape index (κ2) is 7.07. The van der Waals surface area contributed by atoms with E-state index in [1.165, 1.54) is 0 Å². The third kappa shape index (κ3) is 3.50. The number of nitrogens with zero attached hydrogens (tertiary/aromatic N) is 5. The van der Waals surface area contributed by atoms with Crippen LogP contribution >= 0.6 is 0 Å². The van der Waals surface area contributed by atoms with E-state index in [0.717, 1.165) is 56.4 Å². The summed E-state index contributed by atoms with van der Waals surface area (Å²) in [7, 11) is 3.80. The highest BCUT2D eigenvalue weighted by Gasteiger charge is 2.46. The van der Waals surface area contributed by atoms with Crippen LogP contribution in [-0.4, -0.2) is 72.5 Å². The van der Waals surface area contributed by atoms with Crippen LogP contribution in [0.25, 0.3) is 0 Å². The molecule has 0 atom stereocenters. The predicted molar refractivity (Wildman–Crippen MR) is 105 cm³/mol. The number of amides is 1. The van der Waals surface area contributed by atoms with E-state index in [4.69, 9.17) is 9.98 Å². The number of aromatic nitrogens is 2. The zero-order valence-electron chi connectivity index (χ0n) is 16.5. The third-order valence-corrected chi connectivity index (χ3v) is 5.91. The van der Waals surface area contributed by atoms with Crippen molar-refractivity contribution in [2.75, 3.05) is 45.2 Å². The zero-order valence-corrected chi connectivity index (χ0v) is 16.5. The van der Waals surface area contributed by atoms with E-state index in [0.29, 0.717) is 24.7 Å². The minimum Gasteiger partial charge on any atom is -0.356 e. The molecule has 4 rings (SSSR count). The van der Waals surface area contributed by atoms with Gasteiger partial charge in [0.2, 0.25) is 5.96 Å². The Kier molecular flexibility index (Phi) is 4.75. The normalized spacial score (nSPS) is 22.7. The van der Waals surface area contributed by atoms with Crippen LogP contribution in [0.3, 0.4) is 0 Å². The maximum absolute atomic E-state index is 12.5. The SMILES string of the molecule is Cc1nc(C2CCNCC2)cc(N2CCC3(CC2)N=C(N(C)C)NC3=O)n1. The first-order valence-electron chi connectivity index (χ1n) is 9.87. The Bertz CT molecular complexity index is 746. The zero-order chi connectivity index (χ0) is 19.0. The first kappa shape index (κ1) is 18.2. The van der Waals surface area contributed by atoms with Gasteiger partial charge in [-0.05, 0) is 45.7 Å². The molecule has 1 spiro atoms. The number of carbonyl (C=O) groups excluding carboxylic acids is 1. The fourth-order valence-corrected chi connectivity index (χ4v) is 4.22. The minimum absolute atomic E-state index is 0.0279. The summed E-state index contributed by atoms with van der Waals surface area (Å²) in [5.41, 5.74) is 0.543. The summed E-state index contributed by atoms with van der Waals surface area (Å²) in [5, 5.41) is 6.33. The van der Waals surface area contributed by atoms with Gasteiger partial charge >= 0.3 is 0 Å². The van der Waals surface area contributed by atoms with Crippen molar-refractivity contribution in [1.29, 1.82) is 0 Å². The molecule has 4 heterocycles. The Balaban J connectivity index is 1.50. The summed E-state index contributed by atoms with van der Waals surface area (Å²) in [6.07, 6.45) is 3.67. The van der Waals surface area contributed by atoms with Gasteiger partial charge in [0.05, 0.1) is 0 Å². The second-order valence-electron chi connectivity index (χ2n) is 8.03. The first-order chi connectivity index (χ1) is 13.0. The Morgan fingerprint density at radius 1 is 1.19 bits per heavy atom. The summed E-state index contributed by atoms with van der Waals surface area (Å²) in [6, 6.07) is 2.16. The van der Waals surface area contributed by atoms with Gasteiger partial charge in [0.1, 0.15) is 17.2 Å². The quantitative estimate of drug-likeness (QED) is 0.794. The molecular formula is C19H29N7O. The molecule has 27 heavy (non-hydrogen) atoms. The van der Waals surface area contributed by atoms with Gasteiger partial charge in [0.15, 0.2) is 0 Å². The summed E-state index contributed by atoms with van der Waals surface area (Å²) >= 11 is 0. The van der Waals surface area contributed by atoms with E-state index in [1.54, 1.807) is 0 Å². The number of piperidine rings is 2. The molecule has 3 aliphatic heterocycles. The molecule has 2 fully saturated rings. The van der Waals surface area contributed by atoms with Crippen LogP contribution in [0.5, 0.6) is 0 Å². The van der Waals surface area contributed by atoms with Gasteiger partial charge in [0, 0.05) is 44.9 Å². The van der Waals surface area contributed by atoms with E-state index >= 15 is 0 Å². The number of aryl methyl sites for hydroxylation is 1. The minimum atomic E-state index is -0.615. The number of carbonyl (C=O) groups is 1. The number of guanidine groups is 1. The van der Waals surface area contributed by atoms with Crippen LogP contribution in [0, 0.1) is 6.92 Å². The molecule has 2 saturated heterocycles. The lowest BCUT2D eigenvalue weighted by atomic mass is 9.88. The van der Waals surface area contributed by atoms with Gasteiger partial charge in [-0.1, -0.05) is 0 Å². The highest BCUT2D eigenvalue weighted by molar-refractivity contribution is 6.07. The summed E-state index contributed by atoms with van der Waals surface area (Å²) < 4.78 is 0. The highest BCUT2D eigenvalue weighted by Crippen LogP contribution is 2.33. The summed E-state index contributed by atoms with van der Waals surface area (Å²) in [6.45, 7) is 5.63. The van der Waals surface area contributed by atoms with Gasteiger partial charge in [-0.3, -0.25) is 10.1 Å². The number of rotatable bonds is 2. The van der Waals surface area contributed by atoms with Crippen molar-refractivity contribution < 1.29 is 4.79 Å². The van der Waals surface area contributed by atoms with E-state index in [9.17, 15) is 4.79 Å². The van der Waals surface area contributed by atoms with Gasteiger partial charge in [-0.15, -0.1) is 0 Å². The van der Waals surface area contributed by atoms with E-state index in [-0.39, 0.29) is 5.91 Å². The van der Waals surface area contributed by atoms with Crippen molar-refractivity contribution in [3.63, 3.8) is 0 Å². The van der Waals surface area contributed by atoms with Gasteiger partial charge in [-0.25, -0.2) is 15.0 Å². The molecule has 1 aromatic heterocycles. The number of aliphatic imine (C=N–C) groups is 1. The number of hydrogen-bond donors (Lipinski definition) is 2. The molecule has 1 amide bonds. The molecule has 0 unspecified atom stereocenters. The molecule has 0 saturated carbocycles. The van der Waals surface area contributed by atoms with Crippen molar-refractivity contribution in [1.82, 2.24) is 25.5 Å². The van der Waals surface area contributed by atoms with Crippen LogP contribution in [0.15, 0.2) is 11.1 Å². The highest BCUT2D eigenvalue weighted by atomic mass is 16.2. The fourth-order valence-electron chi connectivity index (χ4n) is 4.22. The Labute approximate surface area is 160 Å². The molecule has 8 nitrogen and oxygen atoms in total. The van der Waals surface area contributed by atoms with Crippen molar-refractivity contribution in [2.45, 2.75) is 44.1 Å². The molecule has 3 aliphatic rings. The number of anilines is 1. The monoisotopic (exact) mass is 371 g/mol. The van der Waals surface area contributed by atoms with E-state index in [2.05, 4.69) is 26.6 Å². The van der Waals surface area contributed by atoms with E-state index < -0.39 is 5.54 Å². The molecule has 0 bridgehead atoms. The standard InChI is InChI=1S/C19H29N7O/c1-13-21-15(14-4-8-20-9-5-14)12-16(22-13)26-10-6-19(7-11-26)17(27)23-18(24-19)25(2)3/h12,14,20H,4-11H2,1-3H3,(H,23,24,27). The lowest BCUT2D eigenvalue weighted by Crippen LogP contribution is -2.49. The van der Waals surface area contributed by atoms with Crippen molar-refractivity contribution >= 4 is 17.7 Å². The Morgan fingerprint density at radius 3 is 2.52 bits per heavy atom. The molecule has 0 radical (unpaired) electrons. The van der Waals surface area contributed by atoms with Crippen LogP contribution in [0.1, 0.15) is 43.1 Å². The van der Waals surface area contributed by atoms with Crippen LogP contribution < -0.4 is 15.5 Å². The molecule has 1 aromatic rings. The van der Waals surface area contributed by atoms with Gasteiger partial charge in [-0.2, -0.15) is 0 Å². The van der Waals surface area contributed by atoms with E-state index in [1.807, 2.05) is 25.9 Å². The third-order valence-electron chi connectivity index (χ3n) is 5.91. The largest absolute Gasteiger partial charge is 0.356 e. The topological polar surface area (TPSA) is 85.8 Å². The Morgan fingerprint density at radius 2 is 1.89 bits per heavy atom. The molecule has 8 heteroatoms. The molecular weight excluding hydrogens is 342 g/mol. The average molecular weight is 371 g/mol. The maximum Gasteiger partial charge on any atom is 0.254 e. The first-order valence-corrected chi connectivity index (χ1v) is 9.87. The lowest BCUT2D eigenvalue weighted by Gasteiger charge is -2.36. The predicted octanol–water partition coefficient (Wildman–Crippen LogP) is 0.638. The molecule has 2 N–H and O–H groups in total. The van der Waals surface area contributed by atoms with Crippen molar-refractivity contribution in [2.24, 2.45) is 4.99 Å². The lowest BCUT2D eigenvalue weighted by molar-refractivity contribution is -0.124. The average Bonchev–Trinajstić information content (AvgIpc) is 2.99. The maximum atomic E-state index is 12.5. The van der Waals surface area contributed by atoms with Crippen LogP contribution in [0.4, 0.5) is 5.82 Å². The van der Waals surface area contributed by atoms with Crippen LogP contribution in [0.2, 0.25) is 0 Å². The summed E-state index contributed by atoms with van der Waals surface area (Å²) in [5.74, 6) is 3.02. The Hall–Kier alpha value is -2.22. The summed E-state index contributed by atoms with van der Waals surface area (Å²) in [4.78, 5) is 30.8. The van der Waals surface area contributed by atoms with Gasteiger partial charge < -0.3 is 15.1 Å². The fraction of sp³-hybridized carbons (Fsp3) is 0.684.